The van der Waals surface area contributed by atoms with E-state index in [0.717, 1.165) is 4.68 Å². The summed E-state index contributed by atoms with van der Waals surface area (Å²) in [6.45, 7) is 0. The monoisotopic (exact) mass is 209 g/mol. The molecule has 1 heterocycles. The molecule has 1 aromatic heterocycles. The molecule has 0 unspecified atom stereocenters. The molecule has 68 valence electrons. The van der Waals surface area contributed by atoms with Crippen molar-refractivity contribution < 1.29 is 8.42 Å². The maximum Gasteiger partial charge on any atom is 0.229 e. The van der Waals surface area contributed by atoms with Crippen LogP contribution in [0.2, 0.25) is 0 Å². The summed E-state index contributed by atoms with van der Waals surface area (Å²) in [5.41, 5.74) is 0. The number of rotatable bonds is 3. The predicted molar refractivity (Wildman–Crippen MR) is 42.7 cm³/mol. The van der Waals surface area contributed by atoms with Crippen LogP contribution in [0.15, 0.2) is 5.16 Å². The van der Waals surface area contributed by atoms with Crippen LogP contribution in [0, 0.1) is 0 Å². The fourth-order valence-corrected chi connectivity index (χ4v) is 1.62. The summed E-state index contributed by atoms with van der Waals surface area (Å²) in [5, 5.41) is 15.5. The molecule has 0 aliphatic heterocycles. The van der Waals surface area contributed by atoms with Gasteiger partial charge in [-0.25, -0.2) is 18.2 Å². The van der Waals surface area contributed by atoms with E-state index in [1.165, 1.54) is 11.8 Å². The highest BCUT2D eigenvalue weighted by molar-refractivity contribution is 7.98. The minimum atomic E-state index is -3.57. The number of primary sulfonamides is 1. The second-order valence-corrected chi connectivity index (χ2v) is 4.31. The molecule has 0 saturated carbocycles. The Morgan fingerprint density at radius 3 is 2.83 bits per heavy atom. The molecule has 9 heteroatoms. The van der Waals surface area contributed by atoms with Gasteiger partial charge in [-0.15, -0.1) is 5.10 Å². The molecule has 0 spiro atoms. The first-order valence-electron chi connectivity index (χ1n) is 2.83. The van der Waals surface area contributed by atoms with E-state index < -0.39 is 15.9 Å². The molecule has 0 aliphatic rings. The zero-order valence-electron chi connectivity index (χ0n) is 6.21. The van der Waals surface area contributed by atoms with Gasteiger partial charge >= 0.3 is 0 Å². The molecule has 7 nitrogen and oxygen atoms in total. The molecule has 0 bridgehead atoms. The van der Waals surface area contributed by atoms with Crippen LogP contribution in [0.3, 0.4) is 0 Å². The van der Waals surface area contributed by atoms with Gasteiger partial charge in [0.05, 0.1) is 0 Å². The van der Waals surface area contributed by atoms with Crippen LogP contribution in [0.4, 0.5) is 0 Å². The SMILES string of the molecule is CSc1nnnn1CS(N)(=O)=O. The van der Waals surface area contributed by atoms with E-state index in [4.69, 9.17) is 5.14 Å². The van der Waals surface area contributed by atoms with Crippen LogP contribution in [-0.4, -0.2) is 34.9 Å². The Balaban J connectivity index is 2.89. The molecule has 1 rings (SSSR count). The van der Waals surface area contributed by atoms with Crippen molar-refractivity contribution in [1.29, 1.82) is 0 Å². The summed E-state index contributed by atoms with van der Waals surface area (Å²) in [4.78, 5) is 0. The Morgan fingerprint density at radius 2 is 2.33 bits per heavy atom. The number of sulfonamides is 1. The van der Waals surface area contributed by atoms with E-state index in [1.807, 2.05) is 0 Å². The number of hydrogen-bond donors (Lipinski definition) is 1. The first-order valence-corrected chi connectivity index (χ1v) is 5.77. The highest BCUT2D eigenvalue weighted by Gasteiger charge is 2.10. The van der Waals surface area contributed by atoms with Crippen LogP contribution in [0.5, 0.6) is 0 Å². The van der Waals surface area contributed by atoms with Gasteiger partial charge in [0.25, 0.3) is 0 Å². The van der Waals surface area contributed by atoms with Crippen LogP contribution >= 0.6 is 11.8 Å². The van der Waals surface area contributed by atoms with Crippen molar-refractivity contribution >= 4 is 21.8 Å². The average molecular weight is 209 g/mol. The maximum atomic E-state index is 10.6. The molecule has 0 aromatic carbocycles. The Hall–Kier alpha value is -0.670. The van der Waals surface area contributed by atoms with Crippen molar-refractivity contribution in [2.45, 2.75) is 11.0 Å². The third-order valence-electron chi connectivity index (χ3n) is 0.984. The number of nitrogens with two attached hydrogens (primary N) is 1. The third-order valence-corrected chi connectivity index (χ3v) is 2.25. The number of hydrogen-bond acceptors (Lipinski definition) is 6. The first kappa shape index (κ1) is 9.42. The normalized spacial score (nSPS) is 11.8. The largest absolute Gasteiger partial charge is 0.229 e. The number of nitrogens with zero attached hydrogens (tertiary/aromatic N) is 4. The molecule has 0 saturated heterocycles. The van der Waals surface area contributed by atoms with Crippen LogP contribution in [0.25, 0.3) is 0 Å². The van der Waals surface area contributed by atoms with Gasteiger partial charge in [0.2, 0.25) is 15.2 Å². The van der Waals surface area contributed by atoms with E-state index in [1.54, 1.807) is 6.26 Å². The molecule has 1 aromatic rings. The van der Waals surface area contributed by atoms with Gasteiger partial charge in [-0.2, -0.15) is 0 Å². The lowest BCUT2D eigenvalue weighted by Gasteiger charge is -1.98. The van der Waals surface area contributed by atoms with E-state index in [0.29, 0.717) is 5.16 Å². The summed E-state index contributed by atoms with van der Waals surface area (Å²) in [6.07, 6.45) is 1.74. The molecule has 12 heavy (non-hydrogen) atoms. The minimum absolute atomic E-state index is 0.393. The number of thioether (sulfide) groups is 1. The van der Waals surface area contributed by atoms with Gasteiger partial charge in [0.1, 0.15) is 0 Å². The highest BCUT2D eigenvalue weighted by atomic mass is 32.2. The van der Waals surface area contributed by atoms with Crippen LogP contribution in [0.1, 0.15) is 0 Å². The van der Waals surface area contributed by atoms with E-state index in [-0.39, 0.29) is 0 Å². The van der Waals surface area contributed by atoms with Crippen molar-refractivity contribution in [2.24, 2.45) is 5.14 Å². The summed E-state index contributed by atoms with van der Waals surface area (Å²) >= 11 is 1.25. The molecule has 0 radical (unpaired) electrons. The van der Waals surface area contributed by atoms with Crippen LogP contribution in [-0.2, 0) is 15.9 Å². The number of aromatic nitrogens is 4. The molecule has 0 fully saturated rings. The van der Waals surface area contributed by atoms with Gasteiger partial charge in [-0.3, -0.25) is 0 Å². The lowest BCUT2D eigenvalue weighted by Crippen LogP contribution is -2.20. The third kappa shape index (κ3) is 2.43. The zero-order valence-corrected chi connectivity index (χ0v) is 7.84. The first-order chi connectivity index (χ1) is 5.53. The Morgan fingerprint density at radius 1 is 1.67 bits per heavy atom. The lowest BCUT2D eigenvalue weighted by molar-refractivity contribution is 0.561. The van der Waals surface area contributed by atoms with Crippen molar-refractivity contribution in [3.05, 3.63) is 0 Å². The number of tetrazole rings is 1. The van der Waals surface area contributed by atoms with Crippen molar-refractivity contribution in [3.63, 3.8) is 0 Å². The molecule has 2 N–H and O–H groups in total. The smallest absolute Gasteiger partial charge is 0.227 e. The van der Waals surface area contributed by atoms with E-state index in [9.17, 15) is 8.42 Å². The van der Waals surface area contributed by atoms with Crippen molar-refractivity contribution in [1.82, 2.24) is 20.2 Å². The van der Waals surface area contributed by atoms with E-state index >= 15 is 0 Å². The van der Waals surface area contributed by atoms with E-state index in [2.05, 4.69) is 15.5 Å². The molecule has 0 aliphatic carbocycles. The average Bonchev–Trinajstić information content (AvgIpc) is 2.31. The van der Waals surface area contributed by atoms with Gasteiger partial charge in [-0.1, -0.05) is 11.8 Å². The highest BCUT2D eigenvalue weighted by Crippen LogP contribution is 2.08. The molecular formula is C3H7N5O2S2. The van der Waals surface area contributed by atoms with Gasteiger partial charge in [-0.05, 0) is 16.7 Å². The zero-order chi connectivity index (χ0) is 9.19. The fourth-order valence-electron chi connectivity index (χ4n) is 0.594. The van der Waals surface area contributed by atoms with Gasteiger partial charge in [0.15, 0.2) is 5.88 Å². The predicted octanol–water partition coefficient (Wildman–Crippen LogP) is -1.36. The summed E-state index contributed by atoms with van der Waals surface area (Å²) < 4.78 is 22.4. The molecular weight excluding hydrogens is 202 g/mol. The van der Waals surface area contributed by atoms with Crippen LogP contribution < -0.4 is 5.14 Å². The second kappa shape index (κ2) is 3.37. The Bertz CT molecular complexity index is 357. The fraction of sp³-hybridized carbons (Fsp3) is 0.667. The van der Waals surface area contributed by atoms with Crippen molar-refractivity contribution in [2.75, 3.05) is 6.26 Å². The lowest BCUT2D eigenvalue weighted by atomic mass is 11.2. The molecule has 0 atom stereocenters. The summed E-state index contributed by atoms with van der Waals surface area (Å²) in [5.74, 6) is -0.393. The standard InChI is InChI=1S/C3H7N5O2S2/c1-11-3-5-6-7-8(3)2-12(4,9)10/h2H2,1H3,(H2,4,9,10). The topological polar surface area (TPSA) is 104 Å². The van der Waals surface area contributed by atoms with Gasteiger partial charge < -0.3 is 0 Å². The quantitative estimate of drug-likeness (QED) is 0.617. The van der Waals surface area contributed by atoms with Gasteiger partial charge in [0, 0.05) is 0 Å². The Labute approximate surface area is 73.4 Å². The second-order valence-electron chi connectivity index (χ2n) is 1.96. The maximum absolute atomic E-state index is 10.6. The summed E-state index contributed by atoms with van der Waals surface area (Å²) in [6, 6.07) is 0. The molecule has 0 amide bonds. The summed E-state index contributed by atoms with van der Waals surface area (Å²) in [7, 11) is -3.57. The van der Waals surface area contributed by atoms with Crippen molar-refractivity contribution in [3.8, 4) is 0 Å². The Kier molecular flexibility index (Phi) is 2.65. The minimum Gasteiger partial charge on any atom is -0.227 e.